The number of allylic oxidation sites excluding steroid dienone is 1. The molecule has 18 heavy (non-hydrogen) atoms. The Kier molecular flexibility index (Phi) is 2.43. The van der Waals surface area contributed by atoms with Crippen LogP contribution in [-0.4, -0.2) is 32.7 Å². The molecule has 0 unspecified atom stereocenters. The highest BCUT2D eigenvalue weighted by Crippen LogP contribution is 2.39. The minimum absolute atomic E-state index is 0.242. The van der Waals surface area contributed by atoms with Crippen molar-refractivity contribution >= 4 is 23.1 Å². The molecule has 0 aromatic heterocycles. The van der Waals surface area contributed by atoms with Crippen LogP contribution in [0.4, 0.5) is 0 Å². The van der Waals surface area contributed by atoms with Crippen LogP contribution >= 0.6 is 0 Å². The van der Waals surface area contributed by atoms with Crippen LogP contribution < -0.4 is 0 Å². The van der Waals surface area contributed by atoms with Gasteiger partial charge in [0.1, 0.15) is 17.3 Å². The van der Waals surface area contributed by atoms with Crippen molar-refractivity contribution in [2.45, 2.75) is 6.92 Å². The largest absolute Gasteiger partial charge is 0.507 e. The predicted octanol–water partition coefficient (Wildman–Crippen LogP) is 0.965. The molecule has 2 rings (SSSR count). The molecule has 0 amide bonds. The summed E-state index contributed by atoms with van der Waals surface area (Å²) in [6, 6.07) is 0.889. The number of carbonyl (C=O) groups excluding carboxylic acids is 3. The van der Waals surface area contributed by atoms with Gasteiger partial charge in [0.2, 0.25) is 11.6 Å². The molecule has 6 nitrogen and oxygen atoms in total. The molecule has 0 saturated carbocycles. The number of ketones is 3. The molecule has 1 aliphatic carbocycles. The fourth-order valence-corrected chi connectivity index (χ4v) is 1.79. The fourth-order valence-electron chi connectivity index (χ4n) is 1.79. The van der Waals surface area contributed by atoms with Crippen LogP contribution in [0.15, 0.2) is 12.1 Å². The van der Waals surface area contributed by atoms with Crippen LogP contribution in [0.2, 0.25) is 0 Å². The molecular formula is C12H8O6. The van der Waals surface area contributed by atoms with E-state index >= 15 is 0 Å². The van der Waals surface area contributed by atoms with Crippen molar-refractivity contribution in [2.24, 2.45) is 0 Å². The summed E-state index contributed by atoms with van der Waals surface area (Å²) in [4.78, 5) is 34.0. The minimum Gasteiger partial charge on any atom is -0.507 e. The number of fused-ring (bicyclic) bond motifs is 1. The fraction of sp³-hybridized carbons (Fsp3) is 0.0833. The van der Waals surface area contributed by atoms with E-state index in [0.717, 1.165) is 13.0 Å². The highest BCUT2D eigenvalue weighted by Gasteiger charge is 2.33. The van der Waals surface area contributed by atoms with Gasteiger partial charge in [0.25, 0.3) is 0 Å². The first kappa shape index (κ1) is 11.8. The molecule has 0 saturated heterocycles. The summed E-state index contributed by atoms with van der Waals surface area (Å²) in [5.41, 5.74) is -1.14. The van der Waals surface area contributed by atoms with E-state index in [0.29, 0.717) is 6.08 Å². The highest BCUT2D eigenvalue weighted by atomic mass is 16.3. The van der Waals surface area contributed by atoms with Gasteiger partial charge in [-0.3, -0.25) is 14.4 Å². The zero-order valence-corrected chi connectivity index (χ0v) is 9.22. The minimum atomic E-state index is -1.05. The zero-order chi connectivity index (χ0) is 13.6. The van der Waals surface area contributed by atoms with Crippen molar-refractivity contribution < 1.29 is 29.7 Å². The molecule has 3 N–H and O–H groups in total. The van der Waals surface area contributed by atoms with Gasteiger partial charge < -0.3 is 15.3 Å². The molecule has 6 heteroatoms. The van der Waals surface area contributed by atoms with Gasteiger partial charge in [-0.05, 0) is 13.0 Å². The van der Waals surface area contributed by atoms with Gasteiger partial charge in [-0.15, -0.1) is 0 Å². The highest BCUT2D eigenvalue weighted by molar-refractivity contribution is 6.51. The first-order valence-corrected chi connectivity index (χ1v) is 4.94. The van der Waals surface area contributed by atoms with Gasteiger partial charge in [0.15, 0.2) is 5.78 Å². The van der Waals surface area contributed by atoms with E-state index in [1.807, 2.05) is 0 Å². The van der Waals surface area contributed by atoms with Crippen LogP contribution in [0.1, 0.15) is 33.2 Å². The topological polar surface area (TPSA) is 112 Å². The van der Waals surface area contributed by atoms with E-state index in [1.165, 1.54) is 0 Å². The van der Waals surface area contributed by atoms with Crippen molar-refractivity contribution in [1.29, 1.82) is 0 Å². The van der Waals surface area contributed by atoms with E-state index < -0.39 is 45.7 Å². The van der Waals surface area contributed by atoms with E-state index in [2.05, 4.69) is 0 Å². The Balaban J connectivity index is 2.89. The second-order valence-corrected chi connectivity index (χ2v) is 3.82. The molecule has 1 aromatic rings. The van der Waals surface area contributed by atoms with E-state index in [1.54, 1.807) is 0 Å². The Morgan fingerprint density at radius 1 is 1.11 bits per heavy atom. The monoisotopic (exact) mass is 248 g/mol. The van der Waals surface area contributed by atoms with E-state index in [-0.39, 0.29) is 5.56 Å². The van der Waals surface area contributed by atoms with Gasteiger partial charge in [0, 0.05) is 6.08 Å². The number of hydrogen-bond donors (Lipinski definition) is 3. The van der Waals surface area contributed by atoms with E-state index in [4.69, 9.17) is 0 Å². The lowest BCUT2D eigenvalue weighted by Crippen LogP contribution is -2.19. The van der Waals surface area contributed by atoms with Gasteiger partial charge in [-0.2, -0.15) is 0 Å². The van der Waals surface area contributed by atoms with Crippen molar-refractivity contribution in [3.63, 3.8) is 0 Å². The number of aliphatic hydroxyl groups is 1. The summed E-state index contributed by atoms with van der Waals surface area (Å²) in [6.07, 6.45) is 0.633. The quantitative estimate of drug-likeness (QED) is 0.387. The van der Waals surface area contributed by atoms with Crippen molar-refractivity contribution in [2.75, 3.05) is 0 Å². The standard InChI is InChI=1S/C12H8O6/c1-4(13)5-2-6(14)10-9(11(5)17)7(15)3-8(16)12(10)18/h2-3,14-15,17H,1H3. The smallest absolute Gasteiger partial charge is 0.237 e. The average molecular weight is 248 g/mol. The maximum absolute atomic E-state index is 11.6. The Labute approximate surface area is 101 Å². The SMILES string of the molecule is CC(=O)c1cc(O)c2c(c1O)C(O)=CC(=O)C2=O. The number of aliphatic hydroxyl groups excluding tert-OH is 1. The molecular weight excluding hydrogens is 240 g/mol. The van der Waals surface area contributed by atoms with Crippen molar-refractivity contribution in [3.05, 3.63) is 28.8 Å². The number of carbonyl (C=O) groups is 3. The summed E-state index contributed by atoms with van der Waals surface area (Å²) < 4.78 is 0. The summed E-state index contributed by atoms with van der Waals surface area (Å²) in [5.74, 6) is -4.54. The number of aromatic hydroxyl groups is 2. The number of benzene rings is 1. The number of hydrogen-bond acceptors (Lipinski definition) is 6. The molecule has 0 radical (unpaired) electrons. The molecule has 0 aliphatic heterocycles. The van der Waals surface area contributed by atoms with Crippen molar-refractivity contribution in [1.82, 2.24) is 0 Å². The third kappa shape index (κ3) is 1.46. The Morgan fingerprint density at radius 3 is 2.28 bits per heavy atom. The van der Waals surface area contributed by atoms with Crippen LogP contribution in [-0.2, 0) is 4.79 Å². The maximum atomic E-state index is 11.6. The lowest BCUT2D eigenvalue weighted by atomic mass is 9.89. The molecule has 1 aliphatic rings. The Hall–Kier alpha value is -2.63. The normalized spacial score (nSPS) is 14.2. The third-order valence-corrected chi connectivity index (χ3v) is 2.63. The van der Waals surface area contributed by atoms with Crippen LogP contribution in [0.3, 0.4) is 0 Å². The summed E-state index contributed by atoms with van der Waals surface area (Å²) in [5, 5.41) is 29.0. The number of Topliss-reactive ketones (excluding diaryl/α,β-unsaturated/α-hetero) is 2. The lowest BCUT2D eigenvalue weighted by molar-refractivity contribution is -0.111. The predicted molar refractivity (Wildman–Crippen MR) is 59.7 cm³/mol. The third-order valence-electron chi connectivity index (χ3n) is 2.63. The molecule has 92 valence electrons. The molecule has 0 atom stereocenters. The zero-order valence-electron chi connectivity index (χ0n) is 9.22. The van der Waals surface area contributed by atoms with Gasteiger partial charge >= 0.3 is 0 Å². The van der Waals surface area contributed by atoms with Crippen LogP contribution in [0, 0.1) is 0 Å². The second kappa shape index (κ2) is 3.69. The average Bonchev–Trinajstić information content (AvgIpc) is 2.28. The van der Waals surface area contributed by atoms with Crippen LogP contribution in [0.25, 0.3) is 5.76 Å². The van der Waals surface area contributed by atoms with Crippen LogP contribution in [0.5, 0.6) is 11.5 Å². The summed E-state index contributed by atoms with van der Waals surface area (Å²) in [6.45, 7) is 1.15. The Morgan fingerprint density at radius 2 is 1.72 bits per heavy atom. The molecule has 0 spiro atoms. The molecule has 1 aromatic carbocycles. The lowest BCUT2D eigenvalue weighted by Gasteiger charge is -2.16. The Bertz CT molecular complexity index is 638. The van der Waals surface area contributed by atoms with Gasteiger partial charge in [-0.25, -0.2) is 0 Å². The van der Waals surface area contributed by atoms with Crippen molar-refractivity contribution in [3.8, 4) is 11.5 Å². The van der Waals surface area contributed by atoms with E-state index in [9.17, 15) is 29.7 Å². The number of rotatable bonds is 1. The number of phenolic OH excluding ortho intramolecular Hbond substituents is 2. The van der Waals surface area contributed by atoms with Gasteiger partial charge in [-0.1, -0.05) is 0 Å². The maximum Gasteiger partial charge on any atom is 0.237 e. The molecule has 0 bridgehead atoms. The second-order valence-electron chi connectivity index (χ2n) is 3.82. The first-order chi connectivity index (χ1) is 8.34. The first-order valence-electron chi connectivity index (χ1n) is 4.94. The molecule has 0 fully saturated rings. The summed E-state index contributed by atoms with van der Waals surface area (Å²) in [7, 11) is 0. The molecule has 0 heterocycles. The van der Waals surface area contributed by atoms with Gasteiger partial charge in [0.05, 0.1) is 16.7 Å². The number of phenols is 2. The summed E-state index contributed by atoms with van der Waals surface area (Å²) >= 11 is 0.